The smallest absolute Gasteiger partial charge is 0.211 e. The average Bonchev–Trinajstić information content (AvgIpc) is 3.14. The zero-order valence-corrected chi connectivity index (χ0v) is 19.7. The molecule has 0 spiro atoms. The SMILES string of the molecule is Cc1cnc2c(F)c(Nc3cc(C)[nH]n3)nc(NC3C[C@H]4CCC[C@@H](C3)N4S(C)(=O)=O)c2c1. The van der Waals surface area contributed by atoms with Gasteiger partial charge >= 0.3 is 0 Å². The van der Waals surface area contributed by atoms with Crippen molar-refractivity contribution < 1.29 is 12.8 Å². The standard InChI is InChI=1S/C22H28FN7O2S/c1-12-7-17-20(24-11-12)19(23)22(26-18-8-13(2)28-29-18)27-21(17)25-14-9-15-5-4-6-16(10-14)30(15)33(3,31)32/h7-8,11,14-16H,4-6,9-10H2,1-3H3,(H3,25,26,27,28,29)/t14?,15-,16+. The van der Waals surface area contributed by atoms with Gasteiger partial charge in [0.25, 0.3) is 0 Å². The van der Waals surface area contributed by atoms with Crippen LogP contribution in [0, 0.1) is 19.7 Å². The molecule has 3 aromatic rings. The Kier molecular flexibility index (Phi) is 5.48. The number of piperidine rings is 2. The molecule has 2 aliphatic heterocycles. The number of aryl methyl sites for hydroxylation is 2. The van der Waals surface area contributed by atoms with Gasteiger partial charge in [0.2, 0.25) is 10.0 Å². The second-order valence-electron chi connectivity index (χ2n) is 9.24. The zero-order chi connectivity index (χ0) is 23.3. The largest absolute Gasteiger partial charge is 0.367 e. The molecule has 0 saturated carbocycles. The third-order valence-electron chi connectivity index (χ3n) is 6.50. The van der Waals surface area contributed by atoms with Crippen molar-refractivity contribution >= 4 is 38.4 Å². The number of hydrogen-bond donors (Lipinski definition) is 3. The molecule has 5 rings (SSSR count). The van der Waals surface area contributed by atoms with Crippen LogP contribution in [-0.4, -0.2) is 57.3 Å². The number of aromatic amines is 1. The number of aromatic nitrogens is 4. The van der Waals surface area contributed by atoms with Crippen LogP contribution in [0.1, 0.15) is 43.4 Å². The highest BCUT2D eigenvalue weighted by Crippen LogP contribution is 2.38. The molecular formula is C22H28FN7O2S. The summed E-state index contributed by atoms with van der Waals surface area (Å²) in [6.45, 7) is 3.77. The molecule has 5 heterocycles. The van der Waals surface area contributed by atoms with Crippen LogP contribution in [0.3, 0.4) is 0 Å². The van der Waals surface area contributed by atoms with E-state index in [9.17, 15) is 8.42 Å². The zero-order valence-electron chi connectivity index (χ0n) is 18.9. The van der Waals surface area contributed by atoms with Gasteiger partial charge in [0.15, 0.2) is 17.5 Å². The predicted molar refractivity (Wildman–Crippen MR) is 126 cm³/mol. The van der Waals surface area contributed by atoms with Gasteiger partial charge in [-0.3, -0.25) is 10.1 Å². The molecule has 3 aromatic heterocycles. The Morgan fingerprint density at radius 3 is 2.52 bits per heavy atom. The minimum Gasteiger partial charge on any atom is -0.367 e. The summed E-state index contributed by atoms with van der Waals surface area (Å²) < 4.78 is 41.7. The molecule has 11 heteroatoms. The van der Waals surface area contributed by atoms with E-state index in [0.717, 1.165) is 30.5 Å². The number of halogens is 1. The van der Waals surface area contributed by atoms with Crippen molar-refractivity contribution in [2.45, 2.75) is 64.1 Å². The van der Waals surface area contributed by atoms with Crippen LogP contribution >= 0.6 is 0 Å². The molecule has 9 nitrogen and oxygen atoms in total. The van der Waals surface area contributed by atoms with Crippen molar-refractivity contribution in [2.75, 3.05) is 16.9 Å². The first-order valence-electron chi connectivity index (χ1n) is 11.2. The maximum Gasteiger partial charge on any atom is 0.211 e. The Hall–Kier alpha value is -2.79. The lowest BCUT2D eigenvalue weighted by molar-refractivity contribution is 0.116. The summed E-state index contributed by atoms with van der Waals surface area (Å²) in [5, 5.41) is 14.0. The van der Waals surface area contributed by atoms with Gasteiger partial charge in [-0.25, -0.2) is 17.8 Å². The van der Waals surface area contributed by atoms with Crippen LogP contribution in [0.5, 0.6) is 0 Å². The summed E-state index contributed by atoms with van der Waals surface area (Å²) in [6, 6.07) is 3.61. The molecule has 3 atom stereocenters. The summed E-state index contributed by atoms with van der Waals surface area (Å²) in [4.78, 5) is 8.91. The highest BCUT2D eigenvalue weighted by Gasteiger charge is 2.43. The minimum absolute atomic E-state index is 0.0267. The number of anilines is 3. The lowest BCUT2D eigenvalue weighted by atomic mass is 9.84. The highest BCUT2D eigenvalue weighted by atomic mass is 32.2. The number of fused-ring (bicyclic) bond motifs is 3. The van der Waals surface area contributed by atoms with Crippen LogP contribution in [-0.2, 0) is 10.0 Å². The lowest BCUT2D eigenvalue weighted by Gasteiger charge is -2.47. The van der Waals surface area contributed by atoms with E-state index in [1.165, 1.54) is 6.26 Å². The Balaban J connectivity index is 1.50. The fourth-order valence-electron chi connectivity index (χ4n) is 5.25. The second-order valence-corrected chi connectivity index (χ2v) is 11.1. The number of sulfonamides is 1. The van der Waals surface area contributed by atoms with E-state index >= 15 is 4.39 Å². The van der Waals surface area contributed by atoms with Crippen molar-refractivity contribution in [3.05, 3.63) is 35.4 Å². The summed E-state index contributed by atoms with van der Waals surface area (Å²) in [7, 11) is -3.26. The van der Waals surface area contributed by atoms with Crippen LogP contribution in [0.15, 0.2) is 18.3 Å². The number of rotatable bonds is 5. The molecule has 176 valence electrons. The maximum atomic E-state index is 15.3. The van der Waals surface area contributed by atoms with Gasteiger partial charge in [-0.05, 0) is 51.2 Å². The first-order chi connectivity index (χ1) is 15.7. The predicted octanol–water partition coefficient (Wildman–Crippen LogP) is 3.61. The molecule has 0 aromatic carbocycles. The Morgan fingerprint density at radius 2 is 1.88 bits per heavy atom. The molecule has 2 saturated heterocycles. The normalized spacial score (nSPS) is 23.6. The topological polar surface area (TPSA) is 116 Å². The third kappa shape index (κ3) is 4.26. The molecule has 3 N–H and O–H groups in total. The fourth-order valence-corrected chi connectivity index (χ4v) is 6.71. The average molecular weight is 474 g/mol. The molecule has 2 fully saturated rings. The van der Waals surface area contributed by atoms with Crippen molar-refractivity contribution in [1.82, 2.24) is 24.5 Å². The van der Waals surface area contributed by atoms with E-state index in [2.05, 4.69) is 30.8 Å². The number of pyridine rings is 2. The van der Waals surface area contributed by atoms with Gasteiger partial charge in [-0.1, -0.05) is 6.42 Å². The monoisotopic (exact) mass is 473 g/mol. The Labute approximate surface area is 192 Å². The number of nitrogens with one attached hydrogen (secondary N) is 3. The van der Waals surface area contributed by atoms with Crippen LogP contribution < -0.4 is 10.6 Å². The maximum absolute atomic E-state index is 15.3. The van der Waals surface area contributed by atoms with Gasteiger partial charge in [0.1, 0.15) is 11.3 Å². The van der Waals surface area contributed by atoms with E-state index in [1.54, 1.807) is 16.6 Å². The molecule has 33 heavy (non-hydrogen) atoms. The van der Waals surface area contributed by atoms with E-state index < -0.39 is 15.8 Å². The summed E-state index contributed by atoms with van der Waals surface area (Å²) in [6.07, 6.45) is 7.04. The van der Waals surface area contributed by atoms with Crippen LogP contribution in [0.4, 0.5) is 21.8 Å². The highest BCUT2D eigenvalue weighted by molar-refractivity contribution is 7.88. The van der Waals surface area contributed by atoms with Crippen LogP contribution in [0.25, 0.3) is 10.9 Å². The van der Waals surface area contributed by atoms with Gasteiger partial charge in [-0.2, -0.15) is 9.40 Å². The lowest BCUT2D eigenvalue weighted by Crippen LogP contribution is -2.56. The van der Waals surface area contributed by atoms with Crippen LogP contribution in [0.2, 0.25) is 0 Å². The first kappa shape index (κ1) is 22.0. The van der Waals surface area contributed by atoms with E-state index in [0.29, 0.717) is 29.9 Å². The van der Waals surface area contributed by atoms with Crippen molar-refractivity contribution in [2.24, 2.45) is 0 Å². The van der Waals surface area contributed by atoms with Gasteiger partial charge in [0.05, 0.1) is 6.26 Å². The van der Waals surface area contributed by atoms with Crippen molar-refractivity contribution in [1.29, 1.82) is 0 Å². The van der Waals surface area contributed by atoms with Crippen molar-refractivity contribution in [3.63, 3.8) is 0 Å². The minimum atomic E-state index is -3.26. The van der Waals surface area contributed by atoms with E-state index in [4.69, 9.17) is 0 Å². The Bertz CT molecular complexity index is 1300. The quantitative estimate of drug-likeness (QED) is 0.518. The Morgan fingerprint density at radius 1 is 1.15 bits per heavy atom. The fraction of sp³-hybridized carbons (Fsp3) is 0.500. The summed E-state index contributed by atoms with van der Waals surface area (Å²) >= 11 is 0. The molecule has 0 aliphatic carbocycles. The van der Waals surface area contributed by atoms with E-state index in [-0.39, 0.29) is 29.5 Å². The number of H-pyrrole nitrogens is 1. The first-order valence-corrected chi connectivity index (χ1v) is 13.0. The molecular weight excluding hydrogens is 445 g/mol. The number of nitrogens with zero attached hydrogens (tertiary/aromatic N) is 4. The van der Waals surface area contributed by atoms with E-state index in [1.807, 2.05) is 19.9 Å². The molecule has 0 amide bonds. The summed E-state index contributed by atoms with van der Waals surface area (Å²) in [5.41, 5.74) is 1.97. The van der Waals surface area contributed by atoms with Gasteiger partial charge < -0.3 is 10.6 Å². The summed E-state index contributed by atoms with van der Waals surface area (Å²) in [5.74, 6) is 0.502. The molecule has 2 bridgehead atoms. The van der Waals surface area contributed by atoms with Gasteiger partial charge in [-0.15, -0.1) is 0 Å². The molecule has 0 radical (unpaired) electrons. The number of hydrogen-bond acceptors (Lipinski definition) is 7. The van der Waals surface area contributed by atoms with Crippen molar-refractivity contribution in [3.8, 4) is 0 Å². The van der Waals surface area contributed by atoms with Gasteiger partial charge in [0, 0.05) is 41.5 Å². The molecule has 1 unspecified atom stereocenters. The second kappa shape index (κ2) is 8.21. The third-order valence-corrected chi connectivity index (χ3v) is 7.86. The molecule has 2 aliphatic rings.